The van der Waals surface area contributed by atoms with Gasteiger partial charge in [0.2, 0.25) is 16.9 Å². The van der Waals surface area contributed by atoms with Gasteiger partial charge < -0.3 is 31.1 Å². The fourth-order valence-corrected chi connectivity index (χ4v) is 5.39. The number of amides is 2. The maximum Gasteiger partial charge on any atom is 0.362 e. The number of nitrogens with one attached hydrogen (secondary N) is 2. The van der Waals surface area contributed by atoms with Crippen molar-refractivity contribution < 1.29 is 47.2 Å². The highest BCUT2D eigenvalue weighted by Gasteiger charge is 2.54. The number of Topliss-reactive ketones (excluding diaryl/α,β-unsaturated/α-hetero) is 1. The molecule has 21 heteroatoms. The number of aromatic nitrogens is 4. The number of carboxylic acid groups (broad SMARTS) is 1. The van der Waals surface area contributed by atoms with Crippen LogP contribution in [0.25, 0.3) is 11.5 Å². The number of anilines is 1. The van der Waals surface area contributed by atoms with Gasteiger partial charge in [0.1, 0.15) is 5.69 Å². The third-order valence-corrected chi connectivity index (χ3v) is 8.00. The smallest absolute Gasteiger partial charge is 0.362 e. The average molecular weight is 665 g/mol. The van der Waals surface area contributed by atoms with Crippen molar-refractivity contribution in [1.29, 1.82) is 0 Å². The van der Waals surface area contributed by atoms with E-state index in [9.17, 15) is 47.2 Å². The van der Waals surface area contributed by atoms with Crippen LogP contribution in [0.15, 0.2) is 40.0 Å². The Morgan fingerprint density at radius 1 is 1.24 bits per heavy atom. The number of aromatic hydroxyl groups is 1. The minimum Gasteiger partial charge on any atom is -0.503 e. The molecular formula is C24H24N8O11S2. The lowest BCUT2D eigenvalue weighted by Gasteiger charge is -2.44. The highest BCUT2D eigenvalue weighted by molar-refractivity contribution is 7.84. The molecule has 0 saturated carbocycles. The standard InChI is InChI=1S/C24H24N8O11S2/c1-24(2,22(38)39)43-31-18(13-9-44-23(25)30-13)16(34)3-11-14(32(21(11)37)45(40,41)42)7-29-20(36)10-5-27-19(28-6-10)12-4-15(33)17(35)8-26-12/h4-6,8-9,11,14,35H,3,7H2,1-2H3,(H2,25,30)(H,26,33)(H,29,36)(H,38,39)(H,40,41,42)/b31-18-/t11-,14+/m0/s1. The molecule has 0 unspecified atom stereocenters. The summed E-state index contributed by atoms with van der Waals surface area (Å²) in [6, 6.07) is -0.372. The summed E-state index contributed by atoms with van der Waals surface area (Å²) in [6.45, 7) is 1.79. The number of carbonyl (C=O) groups excluding carboxylic acids is 3. The number of nitrogens with zero attached hydrogens (tertiary/aromatic N) is 5. The van der Waals surface area contributed by atoms with Gasteiger partial charge in [-0.25, -0.2) is 24.1 Å². The molecule has 0 bridgehead atoms. The van der Waals surface area contributed by atoms with Crippen LogP contribution in [0.3, 0.4) is 0 Å². The number of carboxylic acids is 1. The number of aromatic amines is 1. The molecule has 0 aliphatic carbocycles. The lowest BCUT2D eigenvalue weighted by atomic mass is 9.84. The minimum absolute atomic E-state index is 0.0134. The number of carbonyl (C=O) groups is 4. The van der Waals surface area contributed by atoms with Crippen molar-refractivity contribution >= 4 is 56.1 Å². The topological polar surface area (TPSA) is 298 Å². The van der Waals surface area contributed by atoms with Crippen molar-refractivity contribution in [3.05, 3.63) is 51.5 Å². The molecule has 238 valence electrons. The van der Waals surface area contributed by atoms with Crippen LogP contribution < -0.4 is 16.5 Å². The first-order valence-electron chi connectivity index (χ1n) is 12.6. The Morgan fingerprint density at radius 3 is 2.47 bits per heavy atom. The molecule has 3 aromatic heterocycles. The summed E-state index contributed by atoms with van der Waals surface area (Å²) in [5, 5.41) is 26.1. The zero-order valence-corrected chi connectivity index (χ0v) is 24.8. The normalized spacial score (nSPS) is 17.0. The van der Waals surface area contributed by atoms with E-state index < -0.39 is 81.3 Å². The number of pyridine rings is 1. The van der Waals surface area contributed by atoms with Crippen LogP contribution in [-0.4, -0.2) is 94.9 Å². The molecule has 1 aliphatic rings. The summed E-state index contributed by atoms with van der Waals surface area (Å²) < 4.78 is 33.5. The molecular weight excluding hydrogens is 640 g/mol. The second-order valence-corrected chi connectivity index (χ2v) is 12.1. The molecule has 0 radical (unpaired) electrons. The predicted molar refractivity (Wildman–Crippen MR) is 153 cm³/mol. The number of H-pyrrole nitrogens is 1. The number of β-lactam (4-membered cyclic amide) rings is 1. The van der Waals surface area contributed by atoms with Gasteiger partial charge in [-0.3, -0.25) is 23.7 Å². The van der Waals surface area contributed by atoms with Gasteiger partial charge >= 0.3 is 16.3 Å². The first-order chi connectivity index (χ1) is 21.0. The quantitative estimate of drug-likeness (QED) is 0.0596. The molecule has 0 aromatic carbocycles. The number of oxime groups is 1. The minimum atomic E-state index is -5.09. The summed E-state index contributed by atoms with van der Waals surface area (Å²) in [5.74, 6) is -6.15. The molecule has 4 rings (SSSR count). The van der Waals surface area contributed by atoms with E-state index >= 15 is 0 Å². The number of aliphatic carboxylic acids is 1. The molecule has 45 heavy (non-hydrogen) atoms. The number of rotatable bonds is 12. The fourth-order valence-electron chi connectivity index (χ4n) is 3.91. The van der Waals surface area contributed by atoms with Gasteiger partial charge in [-0.15, -0.1) is 11.3 Å². The van der Waals surface area contributed by atoms with E-state index in [-0.39, 0.29) is 32.2 Å². The second kappa shape index (κ2) is 12.4. The Kier molecular flexibility index (Phi) is 8.97. The summed E-state index contributed by atoms with van der Waals surface area (Å²) in [6.07, 6.45) is 2.53. The molecule has 2 atom stereocenters. The number of hydrogen-bond acceptors (Lipinski definition) is 15. The predicted octanol–water partition coefficient (Wildman–Crippen LogP) is -0.821. The number of nitrogens with two attached hydrogens (primary N) is 1. The molecule has 2 amide bonds. The van der Waals surface area contributed by atoms with Crippen molar-refractivity contribution in [3.8, 4) is 17.3 Å². The van der Waals surface area contributed by atoms with Crippen LogP contribution in [0.1, 0.15) is 36.3 Å². The molecule has 7 N–H and O–H groups in total. The van der Waals surface area contributed by atoms with Gasteiger partial charge in [0.25, 0.3) is 5.91 Å². The van der Waals surface area contributed by atoms with Crippen molar-refractivity contribution in [3.63, 3.8) is 0 Å². The van der Waals surface area contributed by atoms with Gasteiger partial charge in [-0.05, 0) is 13.8 Å². The molecule has 1 fully saturated rings. The Hall–Kier alpha value is -5.28. The molecule has 4 heterocycles. The van der Waals surface area contributed by atoms with Crippen LogP contribution >= 0.6 is 11.3 Å². The van der Waals surface area contributed by atoms with Crippen molar-refractivity contribution in [2.24, 2.45) is 11.1 Å². The van der Waals surface area contributed by atoms with Gasteiger partial charge in [0, 0.05) is 43.0 Å². The number of nitrogen functional groups attached to an aromatic ring is 1. The third kappa shape index (κ3) is 7.11. The molecule has 3 aromatic rings. The van der Waals surface area contributed by atoms with Crippen LogP contribution in [-0.2, 0) is 29.5 Å². The molecule has 19 nitrogen and oxygen atoms in total. The van der Waals surface area contributed by atoms with E-state index in [2.05, 4.69) is 30.4 Å². The first-order valence-corrected chi connectivity index (χ1v) is 14.8. The van der Waals surface area contributed by atoms with Gasteiger partial charge in [-0.2, -0.15) is 8.42 Å². The van der Waals surface area contributed by atoms with E-state index in [0.29, 0.717) is 0 Å². The summed E-state index contributed by atoms with van der Waals surface area (Å²) in [4.78, 5) is 81.4. The van der Waals surface area contributed by atoms with E-state index in [1.807, 2.05) is 0 Å². The zero-order valence-electron chi connectivity index (χ0n) is 23.2. The lowest BCUT2D eigenvalue weighted by molar-refractivity contribution is -0.161. The Morgan fingerprint density at radius 2 is 1.91 bits per heavy atom. The van der Waals surface area contributed by atoms with Crippen LogP contribution in [0.5, 0.6) is 5.75 Å². The molecule has 1 saturated heterocycles. The maximum absolute atomic E-state index is 13.3. The first kappa shape index (κ1) is 32.6. The molecule has 1 aliphatic heterocycles. The highest BCUT2D eigenvalue weighted by Crippen LogP contribution is 2.32. The number of thiazole rings is 1. The van der Waals surface area contributed by atoms with Crippen LogP contribution in [0.4, 0.5) is 5.13 Å². The fraction of sp³-hybridized carbons (Fsp3) is 0.292. The van der Waals surface area contributed by atoms with E-state index in [1.165, 1.54) is 19.2 Å². The zero-order chi connectivity index (χ0) is 33.3. The summed E-state index contributed by atoms with van der Waals surface area (Å²) in [7, 11) is -5.09. The van der Waals surface area contributed by atoms with Gasteiger partial charge in [-0.1, -0.05) is 5.16 Å². The summed E-state index contributed by atoms with van der Waals surface area (Å²) in [5.41, 5.74) is 2.54. The Labute approximate surface area is 256 Å². The Bertz CT molecular complexity index is 1870. The summed E-state index contributed by atoms with van der Waals surface area (Å²) >= 11 is 0.934. The van der Waals surface area contributed by atoms with Gasteiger partial charge in [0.05, 0.1) is 23.2 Å². The molecule has 0 spiro atoms. The van der Waals surface area contributed by atoms with E-state index in [4.69, 9.17) is 10.6 Å². The van der Waals surface area contributed by atoms with Crippen molar-refractivity contribution in [1.82, 2.24) is 29.6 Å². The van der Waals surface area contributed by atoms with Crippen LogP contribution in [0, 0.1) is 5.92 Å². The number of ketones is 1. The highest BCUT2D eigenvalue weighted by atomic mass is 32.2. The monoisotopic (exact) mass is 664 g/mol. The van der Waals surface area contributed by atoms with Gasteiger partial charge in [0.15, 0.2) is 28.2 Å². The van der Waals surface area contributed by atoms with E-state index in [0.717, 1.165) is 36.0 Å². The van der Waals surface area contributed by atoms with E-state index in [1.54, 1.807) is 0 Å². The third-order valence-electron chi connectivity index (χ3n) is 6.38. The van der Waals surface area contributed by atoms with Crippen molar-refractivity contribution in [2.45, 2.75) is 31.9 Å². The second-order valence-electron chi connectivity index (χ2n) is 9.93. The average Bonchev–Trinajstić information content (AvgIpc) is 3.39. The SMILES string of the molecule is CC(C)(O/N=C(\C(=O)C[C@@H]1C(=O)N(S(=O)(=O)O)[C@@H]1CNC(=O)c1cnc(-c2cc(=O)c(O)c[nH]2)nc1)c1csc(N)n1)C(=O)O. The van der Waals surface area contributed by atoms with Crippen LogP contribution in [0.2, 0.25) is 0 Å². The number of hydrogen-bond donors (Lipinski definition) is 6. The van der Waals surface area contributed by atoms with Crippen molar-refractivity contribution in [2.75, 3.05) is 12.3 Å². The largest absolute Gasteiger partial charge is 0.503 e. The maximum atomic E-state index is 13.3. The Balaban J connectivity index is 1.51. The lowest BCUT2D eigenvalue weighted by Crippen LogP contribution is -2.66.